The van der Waals surface area contributed by atoms with Gasteiger partial charge >= 0.3 is 0 Å². The first-order chi connectivity index (χ1) is 8.08. The van der Waals surface area contributed by atoms with Crippen LogP contribution >= 0.6 is 0 Å². The van der Waals surface area contributed by atoms with Crippen LogP contribution in [0.2, 0.25) is 0 Å². The van der Waals surface area contributed by atoms with Crippen molar-refractivity contribution in [1.29, 1.82) is 0 Å². The Kier molecular flexibility index (Phi) is 4.97. The summed E-state index contributed by atoms with van der Waals surface area (Å²) in [5.41, 5.74) is 3.02. The van der Waals surface area contributed by atoms with Crippen LogP contribution < -0.4 is 15.4 Å². The monoisotopic (exact) mass is 236 g/mol. The van der Waals surface area contributed by atoms with Crippen LogP contribution in [0.5, 0.6) is 5.75 Å². The van der Waals surface area contributed by atoms with E-state index in [9.17, 15) is 4.79 Å². The second kappa shape index (κ2) is 6.25. The number of ether oxygens (including phenoxy) is 1. The Morgan fingerprint density at radius 1 is 1.29 bits per heavy atom. The highest BCUT2D eigenvalue weighted by molar-refractivity contribution is 5.92. The average Bonchev–Trinajstić information content (AvgIpc) is 2.31. The summed E-state index contributed by atoms with van der Waals surface area (Å²) in [6.07, 6.45) is 0.451. The first-order valence-electron chi connectivity index (χ1n) is 5.68. The van der Waals surface area contributed by atoms with Crippen molar-refractivity contribution in [3.8, 4) is 5.75 Å². The van der Waals surface area contributed by atoms with Gasteiger partial charge < -0.3 is 15.4 Å². The minimum atomic E-state index is -0.0131. The van der Waals surface area contributed by atoms with E-state index in [1.807, 2.05) is 33.0 Å². The van der Waals surface area contributed by atoms with Gasteiger partial charge in [0.1, 0.15) is 5.75 Å². The van der Waals surface area contributed by atoms with Gasteiger partial charge in [0.25, 0.3) is 0 Å². The molecule has 0 heterocycles. The summed E-state index contributed by atoms with van der Waals surface area (Å²) in [7, 11) is 3.43. The van der Waals surface area contributed by atoms with Crippen molar-refractivity contribution in [2.24, 2.45) is 0 Å². The first-order valence-corrected chi connectivity index (χ1v) is 5.68. The summed E-state index contributed by atoms with van der Waals surface area (Å²) >= 11 is 0. The Balaban J connectivity index is 2.82. The second-order valence-electron chi connectivity index (χ2n) is 4.04. The number of carbonyl (C=O) groups is 1. The Bertz CT molecular complexity index is 403. The molecular weight excluding hydrogens is 216 g/mol. The van der Waals surface area contributed by atoms with Crippen LogP contribution in [0, 0.1) is 13.8 Å². The molecule has 17 heavy (non-hydrogen) atoms. The van der Waals surface area contributed by atoms with Crippen LogP contribution in [0.1, 0.15) is 17.5 Å². The summed E-state index contributed by atoms with van der Waals surface area (Å²) in [5, 5.41) is 5.80. The van der Waals surface area contributed by atoms with Gasteiger partial charge in [0.05, 0.1) is 12.8 Å². The number of methoxy groups -OCH3 is 1. The number of rotatable bonds is 5. The molecule has 0 atom stereocenters. The molecule has 1 aromatic carbocycles. The van der Waals surface area contributed by atoms with E-state index >= 15 is 0 Å². The third-order valence-electron chi connectivity index (χ3n) is 2.69. The molecule has 0 unspecified atom stereocenters. The zero-order chi connectivity index (χ0) is 12.8. The van der Waals surface area contributed by atoms with Gasteiger partial charge in [0, 0.05) is 13.0 Å². The standard InChI is InChI=1S/C13H20N2O2/c1-9-7-11(12(17-4)8-10(9)2)15-13(16)5-6-14-3/h7-8,14H,5-6H2,1-4H3,(H,15,16). The maximum Gasteiger partial charge on any atom is 0.225 e. The zero-order valence-corrected chi connectivity index (χ0v) is 10.9. The molecule has 0 fully saturated rings. The van der Waals surface area contributed by atoms with Gasteiger partial charge in [-0.2, -0.15) is 0 Å². The largest absolute Gasteiger partial charge is 0.495 e. The molecule has 4 nitrogen and oxygen atoms in total. The molecule has 2 N–H and O–H groups in total. The van der Waals surface area contributed by atoms with Crippen molar-refractivity contribution in [3.05, 3.63) is 23.3 Å². The number of carbonyl (C=O) groups excluding carboxylic acids is 1. The lowest BCUT2D eigenvalue weighted by atomic mass is 10.1. The normalized spacial score (nSPS) is 10.1. The van der Waals surface area contributed by atoms with Gasteiger partial charge in [-0.15, -0.1) is 0 Å². The number of hydrogen-bond acceptors (Lipinski definition) is 3. The van der Waals surface area contributed by atoms with Gasteiger partial charge in [0.2, 0.25) is 5.91 Å². The number of benzene rings is 1. The summed E-state index contributed by atoms with van der Waals surface area (Å²) < 4.78 is 5.26. The Hall–Kier alpha value is -1.55. The molecule has 0 spiro atoms. The van der Waals surface area contributed by atoms with Crippen LogP contribution in [-0.2, 0) is 4.79 Å². The molecule has 0 aliphatic rings. The lowest BCUT2D eigenvalue weighted by Gasteiger charge is -2.12. The van der Waals surface area contributed by atoms with Gasteiger partial charge in [-0.3, -0.25) is 4.79 Å². The van der Waals surface area contributed by atoms with Crippen LogP contribution in [0.15, 0.2) is 12.1 Å². The number of amides is 1. The quantitative estimate of drug-likeness (QED) is 0.820. The zero-order valence-electron chi connectivity index (χ0n) is 10.9. The summed E-state index contributed by atoms with van der Waals surface area (Å²) in [5.74, 6) is 0.687. The molecule has 0 saturated heterocycles. The van der Waals surface area contributed by atoms with Crippen molar-refractivity contribution >= 4 is 11.6 Å². The smallest absolute Gasteiger partial charge is 0.225 e. The second-order valence-corrected chi connectivity index (χ2v) is 4.04. The highest BCUT2D eigenvalue weighted by atomic mass is 16.5. The van der Waals surface area contributed by atoms with Crippen LogP contribution in [0.25, 0.3) is 0 Å². The fourth-order valence-corrected chi connectivity index (χ4v) is 1.51. The van der Waals surface area contributed by atoms with E-state index in [0.717, 1.165) is 16.8 Å². The van der Waals surface area contributed by atoms with E-state index in [1.54, 1.807) is 7.11 Å². The maximum atomic E-state index is 11.6. The molecule has 0 saturated carbocycles. The average molecular weight is 236 g/mol. The molecule has 1 amide bonds. The molecule has 0 bridgehead atoms. The van der Waals surface area contributed by atoms with Crippen molar-refractivity contribution in [3.63, 3.8) is 0 Å². The highest BCUT2D eigenvalue weighted by Gasteiger charge is 2.09. The number of nitrogens with one attached hydrogen (secondary N) is 2. The molecule has 4 heteroatoms. The summed E-state index contributed by atoms with van der Waals surface area (Å²) in [4.78, 5) is 11.6. The topological polar surface area (TPSA) is 50.4 Å². The van der Waals surface area contributed by atoms with Crippen LogP contribution in [-0.4, -0.2) is 26.6 Å². The van der Waals surface area contributed by atoms with E-state index in [2.05, 4.69) is 10.6 Å². The Morgan fingerprint density at radius 2 is 1.94 bits per heavy atom. The fraction of sp³-hybridized carbons (Fsp3) is 0.462. The fourth-order valence-electron chi connectivity index (χ4n) is 1.51. The van der Waals surface area contributed by atoms with E-state index in [1.165, 1.54) is 0 Å². The number of anilines is 1. The SMILES string of the molecule is CNCCC(=O)Nc1cc(C)c(C)cc1OC. The van der Waals surface area contributed by atoms with Gasteiger partial charge in [-0.05, 0) is 44.2 Å². The van der Waals surface area contributed by atoms with Crippen LogP contribution in [0.4, 0.5) is 5.69 Å². The van der Waals surface area contributed by atoms with Crippen molar-refractivity contribution in [2.75, 3.05) is 26.0 Å². The van der Waals surface area contributed by atoms with E-state index in [-0.39, 0.29) is 5.91 Å². The lowest BCUT2D eigenvalue weighted by molar-refractivity contribution is -0.116. The minimum absolute atomic E-state index is 0.0131. The predicted molar refractivity (Wildman–Crippen MR) is 69.6 cm³/mol. The molecular formula is C13H20N2O2. The van der Waals surface area contributed by atoms with Gasteiger partial charge in [0.15, 0.2) is 0 Å². The first kappa shape index (κ1) is 13.5. The van der Waals surface area contributed by atoms with Gasteiger partial charge in [-0.1, -0.05) is 0 Å². The molecule has 0 radical (unpaired) electrons. The lowest BCUT2D eigenvalue weighted by Crippen LogP contribution is -2.19. The predicted octanol–water partition coefficient (Wildman–Crippen LogP) is 1.86. The van der Waals surface area contributed by atoms with E-state index in [0.29, 0.717) is 18.7 Å². The third kappa shape index (κ3) is 3.75. The molecule has 1 aromatic rings. The maximum absolute atomic E-state index is 11.6. The summed E-state index contributed by atoms with van der Waals surface area (Å²) in [6, 6.07) is 3.87. The molecule has 1 rings (SSSR count). The Morgan fingerprint density at radius 3 is 2.53 bits per heavy atom. The molecule has 0 aliphatic heterocycles. The molecule has 0 aliphatic carbocycles. The van der Waals surface area contributed by atoms with Crippen molar-refractivity contribution in [2.45, 2.75) is 20.3 Å². The summed E-state index contributed by atoms with van der Waals surface area (Å²) in [6.45, 7) is 4.70. The van der Waals surface area contributed by atoms with Gasteiger partial charge in [-0.25, -0.2) is 0 Å². The molecule has 0 aromatic heterocycles. The number of hydrogen-bond donors (Lipinski definition) is 2. The minimum Gasteiger partial charge on any atom is -0.495 e. The van der Waals surface area contributed by atoms with Crippen molar-refractivity contribution in [1.82, 2.24) is 5.32 Å². The van der Waals surface area contributed by atoms with Crippen molar-refractivity contribution < 1.29 is 9.53 Å². The Labute approximate surface area is 102 Å². The highest BCUT2D eigenvalue weighted by Crippen LogP contribution is 2.27. The third-order valence-corrected chi connectivity index (χ3v) is 2.69. The number of aryl methyl sites for hydroxylation is 2. The van der Waals surface area contributed by atoms with Crippen LogP contribution in [0.3, 0.4) is 0 Å². The molecule has 94 valence electrons. The van der Waals surface area contributed by atoms with E-state index < -0.39 is 0 Å². The van der Waals surface area contributed by atoms with E-state index in [4.69, 9.17) is 4.74 Å².